The first kappa shape index (κ1) is 18.1. The highest BCUT2D eigenvalue weighted by molar-refractivity contribution is 5.77. The third kappa shape index (κ3) is 5.73. The van der Waals surface area contributed by atoms with Crippen molar-refractivity contribution < 1.29 is 19.1 Å². The van der Waals surface area contributed by atoms with Gasteiger partial charge in [-0.3, -0.25) is 9.69 Å². The fraction of sp³-hybridized carbons (Fsp3) is 0.529. The average Bonchev–Trinajstić information content (AvgIpc) is 2.60. The van der Waals surface area contributed by atoms with E-state index >= 15 is 0 Å². The van der Waals surface area contributed by atoms with Crippen LogP contribution in [0.3, 0.4) is 0 Å². The number of nitrogens with one attached hydrogen (secondary N) is 1. The first-order valence-electron chi connectivity index (χ1n) is 8.10. The largest absolute Gasteiger partial charge is 0.484 e. The zero-order chi connectivity index (χ0) is 17.4. The fourth-order valence-electron chi connectivity index (χ4n) is 2.54. The molecule has 1 aromatic carbocycles. The normalized spacial score (nSPS) is 15.0. The molecule has 1 aromatic rings. The second kappa shape index (κ2) is 9.12. The van der Waals surface area contributed by atoms with E-state index in [9.17, 15) is 9.59 Å². The van der Waals surface area contributed by atoms with Gasteiger partial charge in [0, 0.05) is 39.3 Å². The highest BCUT2D eigenvalue weighted by atomic mass is 16.5. The maximum absolute atomic E-state index is 11.8. The second-order valence-electron chi connectivity index (χ2n) is 5.75. The van der Waals surface area contributed by atoms with Gasteiger partial charge in [-0.05, 0) is 24.6 Å². The minimum absolute atomic E-state index is 0.0135. The van der Waals surface area contributed by atoms with Crippen LogP contribution in [0.4, 0.5) is 4.79 Å². The van der Waals surface area contributed by atoms with Crippen LogP contribution < -0.4 is 10.1 Å². The number of methoxy groups -OCH3 is 1. The van der Waals surface area contributed by atoms with Gasteiger partial charge in [0.05, 0.1) is 7.11 Å². The molecule has 0 aliphatic carbocycles. The van der Waals surface area contributed by atoms with Crippen LogP contribution in [-0.4, -0.2) is 74.8 Å². The number of hydrogen-bond donors (Lipinski definition) is 1. The Hall–Kier alpha value is -2.28. The number of carbonyl (C=O) groups excluding carboxylic acids is 2. The molecule has 7 nitrogen and oxygen atoms in total. The van der Waals surface area contributed by atoms with Crippen molar-refractivity contribution in [3.8, 4) is 5.75 Å². The third-order valence-electron chi connectivity index (χ3n) is 3.91. The van der Waals surface area contributed by atoms with Crippen LogP contribution in [0.15, 0.2) is 24.3 Å². The Kier molecular flexibility index (Phi) is 6.87. The number of hydrogen-bond acceptors (Lipinski definition) is 5. The summed E-state index contributed by atoms with van der Waals surface area (Å²) in [6.45, 7) is 6.18. The minimum atomic E-state index is -0.281. The maximum Gasteiger partial charge on any atom is 0.409 e. The molecule has 0 spiro atoms. The summed E-state index contributed by atoms with van der Waals surface area (Å²) in [7, 11) is 1.39. The lowest BCUT2D eigenvalue weighted by Gasteiger charge is -2.33. The topological polar surface area (TPSA) is 71.1 Å². The number of rotatable bonds is 6. The molecule has 1 aliphatic rings. The summed E-state index contributed by atoms with van der Waals surface area (Å²) in [4.78, 5) is 27.1. The van der Waals surface area contributed by atoms with Crippen LogP contribution in [0.1, 0.15) is 5.56 Å². The Bertz CT molecular complexity index is 557. The zero-order valence-electron chi connectivity index (χ0n) is 14.3. The molecule has 2 rings (SSSR count). The number of benzene rings is 1. The van der Waals surface area contributed by atoms with E-state index in [2.05, 4.69) is 10.2 Å². The number of aryl methyl sites for hydroxylation is 1. The third-order valence-corrected chi connectivity index (χ3v) is 3.91. The number of piperazine rings is 1. The highest BCUT2D eigenvalue weighted by Gasteiger charge is 2.20. The molecular formula is C17H25N3O4. The van der Waals surface area contributed by atoms with Crippen molar-refractivity contribution in [1.82, 2.24) is 15.1 Å². The lowest BCUT2D eigenvalue weighted by Crippen LogP contribution is -2.50. The first-order chi connectivity index (χ1) is 11.6. The molecular weight excluding hydrogens is 310 g/mol. The summed E-state index contributed by atoms with van der Waals surface area (Å²) in [5.41, 5.74) is 1.10. The van der Waals surface area contributed by atoms with Gasteiger partial charge in [0.15, 0.2) is 6.61 Å². The molecule has 2 amide bonds. The van der Waals surface area contributed by atoms with Crippen LogP contribution >= 0.6 is 0 Å². The molecule has 1 heterocycles. The lowest BCUT2D eigenvalue weighted by atomic mass is 10.2. The van der Waals surface area contributed by atoms with Gasteiger partial charge in [0.25, 0.3) is 5.91 Å². The number of amides is 2. The molecule has 1 N–H and O–H groups in total. The van der Waals surface area contributed by atoms with Crippen molar-refractivity contribution in [2.75, 3.05) is 53.0 Å². The van der Waals surface area contributed by atoms with Gasteiger partial charge in [-0.25, -0.2) is 4.79 Å². The minimum Gasteiger partial charge on any atom is -0.484 e. The predicted octanol–water partition coefficient (Wildman–Crippen LogP) is 0.874. The summed E-state index contributed by atoms with van der Waals surface area (Å²) in [5, 5.41) is 2.85. The molecule has 132 valence electrons. The molecule has 0 aromatic heterocycles. The SMILES string of the molecule is COC(=O)N1CCN(CCNC(=O)COc2cccc(C)c2)CC1. The maximum atomic E-state index is 11.8. The zero-order valence-corrected chi connectivity index (χ0v) is 14.3. The van der Waals surface area contributed by atoms with Crippen LogP contribution in [0.25, 0.3) is 0 Å². The molecule has 1 aliphatic heterocycles. The standard InChI is InChI=1S/C17H25N3O4/c1-14-4-3-5-15(12-14)24-13-16(21)18-6-7-19-8-10-20(11-9-19)17(22)23-2/h3-5,12H,6-11,13H2,1-2H3,(H,18,21). The van der Waals surface area contributed by atoms with Gasteiger partial charge in [0.1, 0.15) is 5.75 Å². The summed E-state index contributed by atoms with van der Waals surface area (Å²) in [6.07, 6.45) is -0.281. The van der Waals surface area contributed by atoms with Gasteiger partial charge in [0.2, 0.25) is 0 Å². The average molecular weight is 335 g/mol. The van der Waals surface area contributed by atoms with Crippen LogP contribution in [-0.2, 0) is 9.53 Å². The van der Waals surface area contributed by atoms with Crippen molar-refractivity contribution in [1.29, 1.82) is 0 Å². The fourth-order valence-corrected chi connectivity index (χ4v) is 2.54. The molecule has 1 fully saturated rings. The van der Waals surface area contributed by atoms with Gasteiger partial charge < -0.3 is 19.7 Å². The summed E-state index contributed by atoms with van der Waals surface area (Å²) in [5.74, 6) is 0.564. The van der Waals surface area contributed by atoms with E-state index in [0.29, 0.717) is 25.4 Å². The summed E-state index contributed by atoms with van der Waals surface area (Å²) in [6, 6.07) is 7.61. The molecule has 1 saturated heterocycles. The first-order valence-corrected chi connectivity index (χ1v) is 8.10. The molecule has 24 heavy (non-hydrogen) atoms. The smallest absolute Gasteiger partial charge is 0.409 e. The van der Waals surface area contributed by atoms with Crippen molar-refractivity contribution in [2.24, 2.45) is 0 Å². The van der Waals surface area contributed by atoms with Gasteiger partial charge in [-0.1, -0.05) is 12.1 Å². The van der Waals surface area contributed by atoms with E-state index in [-0.39, 0.29) is 18.6 Å². The van der Waals surface area contributed by atoms with E-state index in [1.807, 2.05) is 31.2 Å². The van der Waals surface area contributed by atoms with Crippen LogP contribution in [0, 0.1) is 6.92 Å². The monoisotopic (exact) mass is 335 g/mol. The van der Waals surface area contributed by atoms with E-state index in [1.54, 1.807) is 4.90 Å². The van der Waals surface area contributed by atoms with Gasteiger partial charge in [-0.2, -0.15) is 0 Å². The van der Waals surface area contributed by atoms with Gasteiger partial charge >= 0.3 is 6.09 Å². The van der Waals surface area contributed by atoms with Crippen molar-refractivity contribution in [3.63, 3.8) is 0 Å². The molecule has 0 saturated carbocycles. The number of ether oxygens (including phenoxy) is 2. The number of nitrogens with zero attached hydrogens (tertiary/aromatic N) is 2. The van der Waals surface area contributed by atoms with E-state index in [4.69, 9.17) is 9.47 Å². The number of carbonyl (C=O) groups is 2. The highest BCUT2D eigenvalue weighted by Crippen LogP contribution is 2.11. The second-order valence-corrected chi connectivity index (χ2v) is 5.75. The quantitative estimate of drug-likeness (QED) is 0.835. The van der Waals surface area contributed by atoms with Crippen molar-refractivity contribution >= 4 is 12.0 Å². The Morgan fingerprint density at radius 3 is 2.62 bits per heavy atom. The molecule has 7 heteroatoms. The Balaban J connectivity index is 1.59. The Labute approximate surface area is 142 Å². The molecule has 0 radical (unpaired) electrons. The Morgan fingerprint density at radius 2 is 1.96 bits per heavy atom. The summed E-state index contributed by atoms with van der Waals surface area (Å²) >= 11 is 0. The van der Waals surface area contributed by atoms with Gasteiger partial charge in [-0.15, -0.1) is 0 Å². The van der Waals surface area contributed by atoms with E-state index < -0.39 is 0 Å². The molecule has 0 atom stereocenters. The van der Waals surface area contributed by atoms with Crippen molar-refractivity contribution in [2.45, 2.75) is 6.92 Å². The Morgan fingerprint density at radius 1 is 1.21 bits per heavy atom. The van der Waals surface area contributed by atoms with E-state index in [0.717, 1.165) is 25.2 Å². The lowest BCUT2D eigenvalue weighted by molar-refractivity contribution is -0.123. The van der Waals surface area contributed by atoms with Crippen LogP contribution in [0.5, 0.6) is 5.75 Å². The van der Waals surface area contributed by atoms with E-state index in [1.165, 1.54) is 7.11 Å². The molecule has 0 bridgehead atoms. The van der Waals surface area contributed by atoms with Crippen molar-refractivity contribution in [3.05, 3.63) is 29.8 Å². The summed E-state index contributed by atoms with van der Waals surface area (Å²) < 4.78 is 10.2. The van der Waals surface area contributed by atoms with Crippen LogP contribution in [0.2, 0.25) is 0 Å². The molecule has 0 unspecified atom stereocenters. The predicted molar refractivity (Wildman–Crippen MR) is 90.1 cm³/mol.